The van der Waals surface area contributed by atoms with Crippen LogP contribution < -0.4 is 10.5 Å². The van der Waals surface area contributed by atoms with E-state index < -0.39 is 19.1 Å². The first kappa shape index (κ1) is 23.7. The van der Waals surface area contributed by atoms with Gasteiger partial charge in [-0.05, 0) is 37.8 Å². The topological polar surface area (TPSA) is 91.1 Å². The van der Waals surface area contributed by atoms with Crippen LogP contribution in [0.5, 0.6) is 0 Å². The van der Waals surface area contributed by atoms with Gasteiger partial charge in [-0.2, -0.15) is 0 Å². The van der Waals surface area contributed by atoms with Crippen LogP contribution in [-0.4, -0.2) is 69.5 Å². The van der Waals surface area contributed by atoms with Crippen LogP contribution in [0, 0.1) is 0 Å². The van der Waals surface area contributed by atoms with Crippen LogP contribution in [0.25, 0.3) is 11.0 Å². The quantitative estimate of drug-likeness (QED) is 0.649. The number of β-amino-alcohol motifs (C(OH)–C–C–N with tert-alkyl or cyclic N) is 1. The summed E-state index contributed by atoms with van der Waals surface area (Å²) in [6.07, 6.45) is 10.4. The van der Waals surface area contributed by atoms with Gasteiger partial charge in [0.25, 0.3) is 5.56 Å². The van der Waals surface area contributed by atoms with Crippen molar-refractivity contribution in [3.05, 3.63) is 34.6 Å². The third-order valence-corrected chi connectivity index (χ3v) is 8.00. The maximum Gasteiger partial charge on any atom is 0.294 e. The van der Waals surface area contributed by atoms with Crippen molar-refractivity contribution in [2.45, 2.75) is 88.6 Å². The second kappa shape index (κ2) is 10.7. The van der Waals surface area contributed by atoms with Crippen LogP contribution in [-0.2, 0) is 4.74 Å². The molecule has 3 aliphatic rings. The van der Waals surface area contributed by atoms with Gasteiger partial charge < -0.3 is 29.3 Å². The third kappa shape index (κ3) is 4.87. The van der Waals surface area contributed by atoms with E-state index in [4.69, 9.17) is 9.72 Å². The normalized spacial score (nSPS) is 26.1. The van der Waals surface area contributed by atoms with Crippen molar-refractivity contribution in [2.24, 2.45) is 0 Å². The number of ether oxygens (including phenoxy) is 1. The molecule has 2 saturated heterocycles. The van der Waals surface area contributed by atoms with E-state index >= 15 is 0 Å². The zero-order chi connectivity index (χ0) is 23.5. The number of hydrogen-bond donors (Lipinski definition) is 2. The number of hydrogen-bond acceptors (Lipinski definition) is 7. The number of piperidine rings is 1. The number of aromatic nitrogens is 2. The fourth-order valence-electron chi connectivity index (χ4n) is 6.25. The number of aliphatic hydroxyl groups is 2. The minimum absolute atomic E-state index is 0.119. The standard InChI is InChI=1S/C26H38N4O4/c31-18-34-24-16-21(32)17-29(24)25-26(33)30(23-11-7-6-10-22(23)27-25)20-12-14-28(15-13-20)19-8-4-2-1-3-5-9-19/h6-7,10-11,19-21,24,31-32H,1-5,8-9,12-18H2/t21-,24?/m1/s1. The lowest BCUT2D eigenvalue weighted by Crippen LogP contribution is -2.44. The minimum Gasteiger partial charge on any atom is -0.391 e. The zero-order valence-electron chi connectivity index (χ0n) is 20.0. The highest BCUT2D eigenvalue weighted by atomic mass is 16.6. The summed E-state index contributed by atoms with van der Waals surface area (Å²) in [5.41, 5.74) is 1.49. The smallest absolute Gasteiger partial charge is 0.294 e. The average Bonchev–Trinajstić information content (AvgIpc) is 3.19. The third-order valence-electron chi connectivity index (χ3n) is 8.00. The molecule has 2 atom stereocenters. The molecule has 2 aliphatic heterocycles. The van der Waals surface area contributed by atoms with E-state index in [1.54, 1.807) is 4.90 Å². The number of rotatable bonds is 5. The van der Waals surface area contributed by atoms with Gasteiger partial charge in [-0.1, -0.05) is 44.2 Å². The molecule has 3 heterocycles. The molecule has 3 fully saturated rings. The Hall–Kier alpha value is -2.00. The average molecular weight is 471 g/mol. The van der Waals surface area contributed by atoms with E-state index in [0.717, 1.165) is 37.0 Å². The van der Waals surface area contributed by atoms with Crippen molar-refractivity contribution >= 4 is 16.9 Å². The van der Waals surface area contributed by atoms with Gasteiger partial charge in [-0.25, -0.2) is 4.98 Å². The summed E-state index contributed by atoms with van der Waals surface area (Å²) < 4.78 is 7.36. The second-order valence-corrected chi connectivity index (χ2v) is 10.2. The number of para-hydroxylation sites is 2. The van der Waals surface area contributed by atoms with Crippen molar-refractivity contribution < 1.29 is 14.9 Å². The minimum atomic E-state index is -0.621. The van der Waals surface area contributed by atoms with Gasteiger partial charge in [0.2, 0.25) is 0 Å². The molecule has 8 nitrogen and oxygen atoms in total. The van der Waals surface area contributed by atoms with Gasteiger partial charge in [0.1, 0.15) is 13.0 Å². The SMILES string of the molecule is O=c1c(N2C[C@H](O)CC2OCO)nc2ccccc2n1C1CCN(C2CCCCCCC2)CC1. The number of fused-ring (bicyclic) bond motifs is 1. The zero-order valence-corrected chi connectivity index (χ0v) is 20.0. The molecule has 34 heavy (non-hydrogen) atoms. The highest BCUT2D eigenvalue weighted by Gasteiger charge is 2.36. The molecule has 2 N–H and O–H groups in total. The second-order valence-electron chi connectivity index (χ2n) is 10.2. The Bertz CT molecular complexity index is 1010. The lowest BCUT2D eigenvalue weighted by atomic mass is 9.93. The summed E-state index contributed by atoms with van der Waals surface area (Å²) in [5, 5.41) is 19.5. The number of benzene rings is 1. The summed E-state index contributed by atoms with van der Waals surface area (Å²) in [7, 11) is 0. The van der Waals surface area contributed by atoms with Gasteiger partial charge in [-0.15, -0.1) is 0 Å². The first-order valence-corrected chi connectivity index (χ1v) is 13.1. The van der Waals surface area contributed by atoms with E-state index in [9.17, 15) is 15.0 Å². The van der Waals surface area contributed by atoms with Crippen LogP contribution in [0.4, 0.5) is 5.82 Å². The van der Waals surface area contributed by atoms with E-state index in [-0.39, 0.29) is 18.1 Å². The summed E-state index contributed by atoms with van der Waals surface area (Å²) in [6, 6.07) is 8.62. The predicted octanol–water partition coefficient (Wildman–Crippen LogP) is 3.01. The van der Waals surface area contributed by atoms with E-state index in [0.29, 0.717) is 18.3 Å². The van der Waals surface area contributed by atoms with Crippen molar-refractivity contribution in [2.75, 3.05) is 31.3 Å². The fraction of sp³-hybridized carbons (Fsp3) is 0.692. The number of nitrogens with zero attached hydrogens (tertiary/aromatic N) is 4. The summed E-state index contributed by atoms with van der Waals surface area (Å²) in [4.78, 5) is 22.9. The molecule has 1 unspecified atom stereocenters. The molecule has 1 aromatic carbocycles. The largest absolute Gasteiger partial charge is 0.391 e. The number of anilines is 1. The molecular weight excluding hydrogens is 432 g/mol. The van der Waals surface area contributed by atoms with Crippen LogP contribution in [0.1, 0.15) is 70.3 Å². The van der Waals surface area contributed by atoms with E-state index in [1.807, 2.05) is 28.8 Å². The number of likely N-dealkylation sites (tertiary alicyclic amines) is 1. The predicted molar refractivity (Wildman–Crippen MR) is 132 cm³/mol. The Morgan fingerprint density at radius 1 is 0.971 bits per heavy atom. The van der Waals surface area contributed by atoms with Gasteiger partial charge in [0.15, 0.2) is 5.82 Å². The molecule has 1 saturated carbocycles. The Labute approximate surface area is 201 Å². The van der Waals surface area contributed by atoms with E-state index in [2.05, 4.69) is 4.90 Å². The Balaban J connectivity index is 1.42. The molecule has 1 aromatic heterocycles. The van der Waals surface area contributed by atoms with E-state index in [1.165, 1.54) is 44.9 Å². The van der Waals surface area contributed by atoms with Crippen molar-refractivity contribution in [3.8, 4) is 0 Å². The van der Waals surface area contributed by atoms with Crippen LogP contribution in [0.15, 0.2) is 29.1 Å². The maximum absolute atomic E-state index is 13.8. The van der Waals surface area contributed by atoms with Crippen LogP contribution in [0.2, 0.25) is 0 Å². The summed E-state index contributed by atoms with van der Waals surface area (Å²) >= 11 is 0. The Morgan fingerprint density at radius 3 is 2.41 bits per heavy atom. The van der Waals surface area contributed by atoms with Crippen molar-refractivity contribution in [1.29, 1.82) is 0 Å². The lowest BCUT2D eigenvalue weighted by molar-refractivity contribution is -0.0493. The first-order chi connectivity index (χ1) is 16.7. The highest BCUT2D eigenvalue weighted by Crippen LogP contribution is 2.31. The maximum atomic E-state index is 13.8. The highest BCUT2D eigenvalue weighted by molar-refractivity contribution is 5.76. The molecule has 0 spiro atoms. The van der Waals surface area contributed by atoms with Crippen molar-refractivity contribution in [3.63, 3.8) is 0 Å². The van der Waals surface area contributed by atoms with Crippen LogP contribution >= 0.6 is 0 Å². The summed E-state index contributed by atoms with van der Waals surface area (Å²) in [6.45, 7) is 1.85. The van der Waals surface area contributed by atoms with Gasteiger partial charge in [0, 0.05) is 38.1 Å². The molecule has 8 heteroatoms. The molecular formula is C26H38N4O4. The van der Waals surface area contributed by atoms with Gasteiger partial charge in [0.05, 0.1) is 17.1 Å². The molecule has 1 aliphatic carbocycles. The fourth-order valence-corrected chi connectivity index (χ4v) is 6.25. The lowest BCUT2D eigenvalue weighted by Gasteiger charge is -2.39. The van der Waals surface area contributed by atoms with Gasteiger partial charge in [-0.3, -0.25) is 4.79 Å². The molecule has 186 valence electrons. The molecule has 5 rings (SSSR count). The Kier molecular flexibility index (Phi) is 7.49. The molecule has 2 aromatic rings. The molecule has 0 bridgehead atoms. The molecule has 0 amide bonds. The summed E-state index contributed by atoms with van der Waals surface area (Å²) in [5.74, 6) is 0.302. The van der Waals surface area contributed by atoms with Crippen LogP contribution in [0.3, 0.4) is 0 Å². The number of aliphatic hydroxyl groups excluding tert-OH is 2. The monoisotopic (exact) mass is 470 g/mol. The Morgan fingerprint density at radius 2 is 1.68 bits per heavy atom. The van der Waals surface area contributed by atoms with Gasteiger partial charge >= 0.3 is 0 Å². The molecule has 0 radical (unpaired) electrons. The first-order valence-electron chi connectivity index (χ1n) is 13.1. The van der Waals surface area contributed by atoms with Crippen molar-refractivity contribution in [1.82, 2.24) is 14.5 Å².